The van der Waals surface area contributed by atoms with Gasteiger partial charge in [-0.05, 0) is 117 Å². The molecule has 0 radical (unpaired) electrons. The van der Waals surface area contributed by atoms with Crippen molar-refractivity contribution in [3.8, 4) is 0 Å². The van der Waals surface area contributed by atoms with Gasteiger partial charge in [-0.1, -0.05) is 34.6 Å². The third kappa shape index (κ3) is 5.15. The van der Waals surface area contributed by atoms with E-state index in [-0.39, 0.29) is 52.3 Å². The van der Waals surface area contributed by atoms with E-state index in [1.807, 2.05) is 13.8 Å². The third-order valence-electron chi connectivity index (χ3n) is 14.5. The summed E-state index contributed by atoms with van der Waals surface area (Å²) in [5.74, 6) is 1.00. The summed E-state index contributed by atoms with van der Waals surface area (Å²) in [6.45, 7) is 15.9. The van der Waals surface area contributed by atoms with Gasteiger partial charge in [0.15, 0.2) is 12.4 Å². The Hall–Kier alpha value is -0.810. The first-order chi connectivity index (χ1) is 21.5. The number of esters is 1. The number of hydrogen-bond acceptors (Lipinski definition) is 9. The molecule has 7 fully saturated rings. The molecule has 7 rings (SSSR count). The summed E-state index contributed by atoms with van der Waals surface area (Å²) in [5.41, 5.74) is -0.745. The van der Waals surface area contributed by atoms with Gasteiger partial charge in [-0.2, -0.15) is 0 Å². The lowest BCUT2D eigenvalue weighted by Gasteiger charge is -2.60. The lowest BCUT2D eigenvalue weighted by atomic mass is 9.46. The molecule has 5 unspecified atom stereocenters. The van der Waals surface area contributed by atoms with Crippen molar-refractivity contribution >= 4 is 5.97 Å². The number of aliphatic hydroxyl groups excluding tert-OH is 3. The minimum atomic E-state index is -1.24. The van der Waals surface area contributed by atoms with E-state index in [1.165, 1.54) is 19.8 Å². The van der Waals surface area contributed by atoms with Crippen LogP contribution in [0.25, 0.3) is 0 Å². The van der Waals surface area contributed by atoms with Crippen LogP contribution in [0.15, 0.2) is 0 Å². The maximum Gasteiger partial charge on any atom is 0.303 e. The molecule has 2 spiro atoms. The van der Waals surface area contributed by atoms with Crippen LogP contribution in [-0.2, 0) is 23.7 Å². The van der Waals surface area contributed by atoms with Crippen LogP contribution in [0.4, 0.5) is 0 Å². The average Bonchev–Trinajstić information content (AvgIpc) is 3.61. The van der Waals surface area contributed by atoms with Gasteiger partial charge >= 0.3 is 5.97 Å². The Morgan fingerprint density at radius 3 is 2.26 bits per heavy atom. The summed E-state index contributed by atoms with van der Waals surface area (Å²) in [6, 6.07) is 0. The van der Waals surface area contributed by atoms with Crippen molar-refractivity contribution in [3.63, 3.8) is 0 Å². The molecule has 2 heterocycles. The average molecular weight is 651 g/mol. The van der Waals surface area contributed by atoms with Crippen LogP contribution in [0.1, 0.15) is 120 Å². The van der Waals surface area contributed by atoms with Crippen molar-refractivity contribution in [3.05, 3.63) is 0 Å². The predicted molar refractivity (Wildman–Crippen MR) is 171 cm³/mol. The Morgan fingerprint density at radius 1 is 0.913 bits per heavy atom. The molecule has 5 aliphatic carbocycles. The molecule has 264 valence electrons. The summed E-state index contributed by atoms with van der Waals surface area (Å²) in [4.78, 5) is 11.9. The van der Waals surface area contributed by atoms with Crippen LogP contribution in [0.5, 0.6) is 0 Å². The molecule has 2 aliphatic heterocycles. The van der Waals surface area contributed by atoms with Crippen molar-refractivity contribution in [1.29, 1.82) is 0 Å². The fourth-order valence-corrected chi connectivity index (χ4v) is 12.6. The predicted octanol–water partition coefficient (Wildman–Crippen LogP) is 4.75. The van der Waals surface area contributed by atoms with Gasteiger partial charge in [-0.15, -0.1) is 0 Å². The monoisotopic (exact) mass is 650 g/mol. The number of rotatable bonds is 5. The topological polar surface area (TPSA) is 135 Å². The molecule has 5 saturated carbocycles. The second-order valence-electron chi connectivity index (χ2n) is 17.4. The molecule has 0 aromatic heterocycles. The highest BCUT2D eigenvalue weighted by atomic mass is 16.7. The first-order valence-electron chi connectivity index (χ1n) is 18.4. The summed E-state index contributed by atoms with van der Waals surface area (Å²) < 4.78 is 24.6. The van der Waals surface area contributed by atoms with E-state index in [9.17, 15) is 25.2 Å². The number of hydrogen-bond donors (Lipinski definition) is 4. The molecule has 46 heavy (non-hydrogen) atoms. The van der Waals surface area contributed by atoms with Crippen molar-refractivity contribution in [2.75, 3.05) is 6.61 Å². The van der Waals surface area contributed by atoms with Gasteiger partial charge in [-0.25, -0.2) is 0 Å². The quantitative estimate of drug-likeness (QED) is 0.246. The molecule has 0 aromatic rings. The van der Waals surface area contributed by atoms with E-state index in [0.29, 0.717) is 24.7 Å². The Balaban J connectivity index is 0.00000182. The lowest BCUT2D eigenvalue weighted by molar-refractivity contribution is -0.264. The van der Waals surface area contributed by atoms with Crippen LogP contribution in [-0.4, -0.2) is 87.6 Å². The molecule has 0 aromatic carbocycles. The molecular formula is C37H62O9. The molecule has 4 N–H and O–H groups in total. The van der Waals surface area contributed by atoms with Crippen LogP contribution < -0.4 is 0 Å². The normalized spacial score (nSPS) is 51.1. The Kier molecular flexibility index (Phi) is 9.07. The standard InChI is InChI=1S/C35H56O9.C2H6/c1-18(36)42-30(32(4,5)40)23-9-7-20-29(43-23)28(39)27-19-8-10-24-31(2,3)25(44-26-15-21(37)22(38)16-41-26)11-12-35(24)17-34(19,35)14-13-33(20,27)6;1-2/h19-30,37-40H,7-17H2,1-6H3;1-2H3/t19-,20?,21+,22+,23+,24?,25-,26?,27?,28+,29-,30-,33?,34-,35+;/m0./s1. The maximum absolute atomic E-state index is 12.1. The molecule has 0 amide bonds. The van der Waals surface area contributed by atoms with Gasteiger partial charge in [0.1, 0.15) is 6.10 Å². The smallest absolute Gasteiger partial charge is 0.303 e. The number of carbonyl (C=O) groups excluding carboxylic acids is 1. The van der Waals surface area contributed by atoms with Gasteiger partial charge in [0.05, 0.1) is 42.7 Å². The fourth-order valence-electron chi connectivity index (χ4n) is 12.6. The van der Waals surface area contributed by atoms with Crippen molar-refractivity contribution in [1.82, 2.24) is 0 Å². The lowest BCUT2D eigenvalue weighted by Crippen LogP contribution is -2.56. The van der Waals surface area contributed by atoms with E-state index in [2.05, 4.69) is 20.8 Å². The fraction of sp³-hybridized carbons (Fsp3) is 0.973. The minimum Gasteiger partial charge on any atom is -0.457 e. The van der Waals surface area contributed by atoms with Gasteiger partial charge in [0.2, 0.25) is 0 Å². The van der Waals surface area contributed by atoms with Crippen LogP contribution in [0.3, 0.4) is 0 Å². The zero-order valence-electron chi connectivity index (χ0n) is 29.5. The molecule has 7 aliphatic rings. The van der Waals surface area contributed by atoms with E-state index in [1.54, 1.807) is 13.8 Å². The molecule has 9 heteroatoms. The third-order valence-corrected chi connectivity index (χ3v) is 14.5. The van der Waals surface area contributed by atoms with Crippen molar-refractivity contribution < 1.29 is 44.2 Å². The highest BCUT2D eigenvalue weighted by molar-refractivity contribution is 5.66. The van der Waals surface area contributed by atoms with E-state index in [4.69, 9.17) is 18.9 Å². The van der Waals surface area contributed by atoms with Crippen LogP contribution in [0.2, 0.25) is 0 Å². The summed E-state index contributed by atoms with van der Waals surface area (Å²) >= 11 is 0. The first kappa shape index (κ1) is 35.0. The van der Waals surface area contributed by atoms with Crippen molar-refractivity contribution in [2.24, 2.45) is 45.3 Å². The van der Waals surface area contributed by atoms with Gasteiger partial charge < -0.3 is 39.4 Å². The van der Waals surface area contributed by atoms with E-state index < -0.39 is 48.4 Å². The summed E-state index contributed by atoms with van der Waals surface area (Å²) in [7, 11) is 0. The second-order valence-corrected chi connectivity index (χ2v) is 17.4. The summed E-state index contributed by atoms with van der Waals surface area (Å²) in [6.07, 6.45) is 5.58. The molecule has 2 saturated heterocycles. The highest BCUT2D eigenvalue weighted by Crippen LogP contribution is 2.87. The minimum absolute atomic E-state index is 0.00675. The van der Waals surface area contributed by atoms with E-state index in [0.717, 1.165) is 38.5 Å². The Bertz CT molecular complexity index is 1140. The first-order valence-corrected chi connectivity index (χ1v) is 18.4. The van der Waals surface area contributed by atoms with E-state index >= 15 is 0 Å². The second kappa shape index (κ2) is 11.9. The number of aliphatic hydroxyl groups is 4. The van der Waals surface area contributed by atoms with Crippen LogP contribution in [0, 0.1) is 45.3 Å². The number of carbonyl (C=O) groups is 1. The molecule has 0 bridgehead atoms. The Morgan fingerprint density at radius 2 is 1.61 bits per heavy atom. The molecule has 9 nitrogen and oxygen atoms in total. The van der Waals surface area contributed by atoms with Gasteiger partial charge in [0.25, 0.3) is 0 Å². The molecule has 15 atom stereocenters. The largest absolute Gasteiger partial charge is 0.457 e. The number of ether oxygens (including phenoxy) is 4. The zero-order valence-corrected chi connectivity index (χ0v) is 29.5. The highest BCUT2D eigenvalue weighted by Gasteiger charge is 2.81. The summed E-state index contributed by atoms with van der Waals surface area (Å²) in [5, 5.41) is 43.1. The van der Waals surface area contributed by atoms with Gasteiger partial charge in [-0.3, -0.25) is 4.79 Å². The SMILES string of the molecule is CC.CC(=O)O[C@@H]([C@H]1CCC2[C@H](O1)[C@H](O)C1[C@@H]3CCC4C(C)(C)[C@@H](OC5C[C@@H](O)[C@H](O)CO5)CC[C@@]45C[C@@]35CCC21C)C(C)(C)O. The van der Waals surface area contributed by atoms with Gasteiger partial charge in [0, 0.05) is 13.3 Å². The maximum atomic E-state index is 12.1. The zero-order chi connectivity index (χ0) is 33.6. The Labute approximate surface area is 276 Å². The number of fused-ring (bicyclic) bond motifs is 4. The molecular weight excluding hydrogens is 588 g/mol. The van der Waals surface area contributed by atoms with Crippen molar-refractivity contribution in [2.45, 2.75) is 174 Å². The van der Waals surface area contributed by atoms with Crippen LogP contribution >= 0.6 is 0 Å².